The molecular weight excluding hydrogens is 312 g/mol. The molecule has 1 fully saturated rings. The molecule has 0 spiro atoms. The van der Waals surface area contributed by atoms with Crippen LogP contribution in [-0.4, -0.2) is 53.0 Å². The van der Waals surface area contributed by atoms with E-state index in [1.165, 1.54) is 0 Å². The molecule has 2 amide bonds. The number of aliphatic hydroxyl groups is 1. The summed E-state index contributed by atoms with van der Waals surface area (Å²) in [5.41, 5.74) is 1.17. The summed E-state index contributed by atoms with van der Waals surface area (Å²) in [6.45, 7) is 2.92. The van der Waals surface area contributed by atoms with Gasteiger partial charge in [0.2, 0.25) is 5.91 Å². The normalized spacial score (nSPS) is 19.3. The lowest BCUT2D eigenvalue weighted by Crippen LogP contribution is -2.42. The van der Waals surface area contributed by atoms with Crippen LogP contribution in [0.2, 0.25) is 0 Å². The molecule has 1 aromatic carbocycles. The van der Waals surface area contributed by atoms with E-state index in [2.05, 4.69) is 5.32 Å². The lowest BCUT2D eigenvalue weighted by atomic mass is 10.1. The molecule has 0 aromatic heterocycles. The number of aliphatic hydroxyl groups excluding tert-OH is 1. The standard InChI is InChI=1S/C17H24N2O3S/c1-12(11-23-2)16(21)18-14-6-3-5-13(9-14)17(22)19-8-4-7-15(20)10-19/h3,5-6,9,12,15,20H,4,7-8,10-11H2,1-2H3,(H,18,21). The van der Waals surface area contributed by atoms with Crippen molar-refractivity contribution in [1.29, 1.82) is 0 Å². The summed E-state index contributed by atoms with van der Waals surface area (Å²) in [6, 6.07) is 6.99. The van der Waals surface area contributed by atoms with E-state index < -0.39 is 6.10 Å². The van der Waals surface area contributed by atoms with E-state index in [1.54, 1.807) is 40.9 Å². The van der Waals surface area contributed by atoms with Crippen molar-refractivity contribution in [3.63, 3.8) is 0 Å². The molecule has 0 saturated carbocycles. The maximum atomic E-state index is 12.5. The smallest absolute Gasteiger partial charge is 0.254 e. The van der Waals surface area contributed by atoms with Crippen LogP contribution in [0, 0.1) is 5.92 Å². The number of thioether (sulfide) groups is 1. The van der Waals surface area contributed by atoms with Crippen molar-refractivity contribution >= 4 is 29.3 Å². The lowest BCUT2D eigenvalue weighted by Gasteiger charge is -2.30. The number of hydrogen-bond donors (Lipinski definition) is 2. The van der Waals surface area contributed by atoms with Gasteiger partial charge in [-0.2, -0.15) is 11.8 Å². The Balaban J connectivity index is 2.04. The molecule has 1 aromatic rings. The number of β-amino-alcohol motifs (C(OH)–C–C–N with tert-alkyl or cyclic N) is 1. The Hall–Kier alpha value is -1.53. The summed E-state index contributed by atoms with van der Waals surface area (Å²) in [7, 11) is 0. The second-order valence-electron chi connectivity index (χ2n) is 5.97. The molecule has 23 heavy (non-hydrogen) atoms. The van der Waals surface area contributed by atoms with E-state index in [4.69, 9.17) is 0 Å². The highest BCUT2D eigenvalue weighted by Gasteiger charge is 2.23. The highest BCUT2D eigenvalue weighted by molar-refractivity contribution is 7.98. The van der Waals surface area contributed by atoms with Gasteiger partial charge in [0.1, 0.15) is 0 Å². The van der Waals surface area contributed by atoms with Crippen molar-refractivity contribution in [2.24, 2.45) is 5.92 Å². The Morgan fingerprint density at radius 3 is 2.96 bits per heavy atom. The summed E-state index contributed by atoms with van der Waals surface area (Å²) < 4.78 is 0. The lowest BCUT2D eigenvalue weighted by molar-refractivity contribution is -0.118. The van der Waals surface area contributed by atoms with Crippen LogP contribution in [0.15, 0.2) is 24.3 Å². The zero-order valence-corrected chi connectivity index (χ0v) is 14.4. The third-order valence-electron chi connectivity index (χ3n) is 3.93. The van der Waals surface area contributed by atoms with E-state index in [0.717, 1.165) is 18.6 Å². The molecule has 126 valence electrons. The van der Waals surface area contributed by atoms with Crippen LogP contribution in [0.1, 0.15) is 30.1 Å². The number of nitrogens with zero attached hydrogens (tertiary/aromatic N) is 1. The van der Waals surface area contributed by atoms with Crippen LogP contribution < -0.4 is 5.32 Å². The zero-order chi connectivity index (χ0) is 16.8. The van der Waals surface area contributed by atoms with Gasteiger partial charge in [0.25, 0.3) is 5.91 Å². The van der Waals surface area contributed by atoms with Crippen LogP contribution in [0.25, 0.3) is 0 Å². The van der Waals surface area contributed by atoms with Crippen LogP contribution in [-0.2, 0) is 4.79 Å². The fourth-order valence-electron chi connectivity index (χ4n) is 2.64. The van der Waals surface area contributed by atoms with E-state index in [0.29, 0.717) is 24.3 Å². The van der Waals surface area contributed by atoms with Gasteiger partial charge in [0.15, 0.2) is 0 Å². The Kier molecular flexibility index (Phi) is 6.47. The summed E-state index contributed by atoms with van der Waals surface area (Å²) >= 11 is 1.63. The second-order valence-corrected chi connectivity index (χ2v) is 6.88. The van der Waals surface area contributed by atoms with Gasteiger partial charge in [-0.15, -0.1) is 0 Å². The number of anilines is 1. The fraction of sp³-hybridized carbons (Fsp3) is 0.529. The predicted octanol–water partition coefficient (Wildman–Crippen LogP) is 2.22. The minimum atomic E-state index is -0.442. The largest absolute Gasteiger partial charge is 0.391 e. The van der Waals surface area contributed by atoms with Gasteiger partial charge in [0, 0.05) is 36.0 Å². The second kappa shape index (κ2) is 8.36. The van der Waals surface area contributed by atoms with Crippen molar-refractivity contribution in [3.05, 3.63) is 29.8 Å². The van der Waals surface area contributed by atoms with Crippen molar-refractivity contribution < 1.29 is 14.7 Å². The number of benzene rings is 1. The Labute approximate surface area is 141 Å². The quantitative estimate of drug-likeness (QED) is 0.865. The van der Waals surface area contributed by atoms with E-state index >= 15 is 0 Å². The molecule has 5 nitrogen and oxygen atoms in total. The maximum absolute atomic E-state index is 12.5. The molecule has 2 rings (SSSR count). The van der Waals surface area contributed by atoms with Gasteiger partial charge in [-0.05, 0) is 37.3 Å². The number of rotatable bonds is 5. The molecule has 0 bridgehead atoms. The Bertz CT molecular complexity index is 565. The SMILES string of the molecule is CSCC(C)C(=O)Nc1cccc(C(=O)N2CCCC(O)C2)c1. The molecule has 1 aliphatic heterocycles. The van der Waals surface area contributed by atoms with E-state index in [1.807, 2.05) is 13.2 Å². The number of likely N-dealkylation sites (tertiary alicyclic amines) is 1. The van der Waals surface area contributed by atoms with Gasteiger partial charge in [-0.1, -0.05) is 13.0 Å². The molecule has 1 heterocycles. The summed E-state index contributed by atoms with van der Waals surface area (Å²) in [4.78, 5) is 26.3. The first-order valence-electron chi connectivity index (χ1n) is 7.88. The zero-order valence-electron chi connectivity index (χ0n) is 13.6. The summed E-state index contributed by atoms with van der Waals surface area (Å²) in [5, 5.41) is 12.6. The summed E-state index contributed by atoms with van der Waals surface area (Å²) in [6.07, 6.45) is 3.08. The average Bonchev–Trinajstić information content (AvgIpc) is 2.54. The van der Waals surface area contributed by atoms with E-state index in [9.17, 15) is 14.7 Å². The van der Waals surface area contributed by atoms with Crippen LogP contribution in [0.4, 0.5) is 5.69 Å². The third-order valence-corrected chi connectivity index (χ3v) is 4.76. The molecule has 1 saturated heterocycles. The van der Waals surface area contributed by atoms with Crippen molar-refractivity contribution in [2.45, 2.75) is 25.9 Å². The molecule has 0 radical (unpaired) electrons. The number of carbonyl (C=O) groups is 2. The predicted molar refractivity (Wildman–Crippen MR) is 93.8 cm³/mol. The van der Waals surface area contributed by atoms with Crippen molar-refractivity contribution in [3.8, 4) is 0 Å². The Morgan fingerprint density at radius 2 is 2.26 bits per heavy atom. The number of hydrogen-bond acceptors (Lipinski definition) is 4. The molecule has 1 aliphatic rings. The molecule has 0 aliphatic carbocycles. The third kappa shape index (κ3) is 4.97. The van der Waals surface area contributed by atoms with Crippen LogP contribution >= 0.6 is 11.8 Å². The van der Waals surface area contributed by atoms with Crippen LogP contribution in [0.5, 0.6) is 0 Å². The van der Waals surface area contributed by atoms with Crippen molar-refractivity contribution in [1.82, 2.24) is 4.90 Å². The van der Waals surface area contributed by atoms with Gasteiger partial charge in [-0.25, -0.2) is 0 Å². The van der Waals surface area contributed by atoms with Crippen LogP contribution in [0.3, 0.4) is 0 Å². The summed E-state index contributed by atoms with van der Waals surface area (Å²) in [5.74, 6) is 0.534. The fourth-order valence-corrected chi connectivity index (χ4v) is 3.29. The number of piperidine rings is 1. The first kappa shape index (κ1) is 17.8. The number of carbonyl (C=O) groups excluding carboxylic acids is 2. The maximum Gasteiger partial charge on any atom is 0.254 e. The Morgan fingerprint density at radius 1 is 1.48 bits per heavy atom. The average molecular weight is 336 g/mol. The molecule has 2 N–H and O–H groups in total. The molecule has 2 unspecified atom stereocenters. The monoisotopic (exact) mass is 336 g/mol. The minimum Gasteiger partial charge on any atom is -0.391 e. The molecule has 6 heteroatoms. The van der Waals surface area contributed by atoms with Gasteiger partial charge >= 0.3 is 0 Å². The highest BCUT2D eigenvalue weighted by Crippen LogP contribution is 2.17. The first-order valence-corrected chi connectivity index (χ1v) is 9.28. The molecular formula is C17H24N2O3S. The number of amides is 2. The first-order chi connectivity index (χ1) is 11.0. The van der Waals surface area contributed by atoms with Crippen molar-refractivity contribution in [2.75, 3.05) is 30.4 Å². The molecule has 2 atom stereocenters. The van der Waals surface area contributed by atoms with E-state index in [-0.39, 0.29) is 17.7 Å². The minimum absolute atomic E-state index is 0.0441. The van der Waals surface area contributed by atoms with Gasteiger partial charge in [0.05, 0.1) is 6.10 Å². The van der Waals surface area contributed by atoms with Gasteiger partial charge < -0.3 is 15.3 Å². The highest BCUT2D eigenvalue weighted by atomic mass is 32.2. The number of nitrogens with one attached hydrogen (secondary N) is 1. The van der Waals surface area contributed by atoms with Gasteiger partial charge in [-0.3, -0.25) is 9.59 Å². The topological polar surface area (TPSA) is 69.6 Å².